The third kappa shape index (κ3) is 4.32. The van der Waals surface area contributed by atoms with Crippen LogP contribution in [0.3, 0.4) is 0 Å². The molecule has 112 valence electrons. The van der Waals surface area contributed by atoms with Crippen molar-refractivity contribution in [2.24, 2.45) is 11.7 Å². The van der Waals surface area contributed by atoms with Crippen LogP contribution in [-0.2, 0) is 15.1 Å². The number of carbonyl (C=O) groups is 1. The van der Waals surface area contributed by atoms with Crippen molar-refractivity contribution in [2.75, 3.05) is 19.8 Å². The van der Waals surface area contributed by atoms with Crippen molar-refractivity contribution >= 4 is 5.91 Å². The van der Waals surface area contributed by atoms with Gasteiger partial charge in [0, 0.05) is 19.6 Å². The lowest BCUT2D eigenvalue weighted by molar-refractivity contribution is -0.125. The van der Waals surface area contributed by atoms with Gasteiger partial charge in [-0.2, -0.15) is 0 Å². The summed E-state index contributed by atoms with van der Waals surface area (Å²) in [5.41, 5.74) is 5.71. The van der Waals surface area contributed by atoms with E-state index in [4.69, 9.17) is 10.5 Å². The molecule has 4 heteroatoms. The molecule has 0 saturated heterocycles. The molecule has 0 aliphatic rings. The van der Waals surface area contributed by atoms with Gasteiger partial charge in [0.15, 0.2) is 0 Å². The molecule has 1 unspecified atom stereocenters. The second-order valence-corrected chi connectivity index (χ2v) is 5.38. The molecule has 0 aliphatic heterocycles. The molecule has 1 atom stereocenters. The van der Waals surface area contributed by atoms with Crippen LogP contribution in [0.25, 0.3) is 0 Å². The average Bonchev–Trinajstić information content (AvgIpc) is 2.42. The minimum absolute atomic E-state index is 0.362. The second kappa shape index (κ2) is 8.02. The highest BCUT2D eigenvalue weighted by molar-refractivity contribution is 5.86. The quantitative estimate of drug-likeness (QED) is 0.679. The predicted molar refractivity (Wildman–Crippen MR) is 81.3 cm³/mol. The molecule has 0 aliphatic carbocycles. The van der Waals surface area contributed by atoms with Crippen molar-refractivity contribution in [3.8, 4) is 0 Å². The van der Waals surface area contributed by atoms with Crippen LogP contribution in [-0.4, -0.2) is 25.7 Å². The minimum Gasteiger partial charge on any atom is -0.381 e. The number of nitrogens with two attached hydrogens (primary N) is 1. The summed E-state index contributed by atoms with van der Waals surface area (Å²) in [6, 6.07) is 9.61. The first-order chi connectivity index (χ1) is 9.53. The van der Waals surface area contributed by atoms with Gasteiger partial charge >= 0.3 is 0 Å². The Kier molecular flexibility index (Phi) is 6.68. The number of hydrogen-bond donors (Lipinski definition) is 2. The van der Waals surface area contributed by atoms with E-state index in [1.165, 1.54) is 0 Å². The van der Waals surface area contributed by atoms with Crippen LogP contribution >= 0.6 is 0 Å². The molecule has 1 amide bonds. The van der Waals surface area contributed by atoms with Crippen LogP contribution in [0, 0.1) is 5.92 Å². The Morgan fingerprint density at radius 1 is 1.35 bits per heavy atom. The molecular weight excluding hydrogens is 252 g/mol. The van der Waals surface area contributed by atoms with Crippen LogP contribution in [0.2, 0.25) is 0 Å². The zero-order valence-corrected chi connectivity index (χ0v) is 12.7. The molecule has 0 saturated carbocycles. The van der Waals surface area contributed by atoms with E-state index in [9.17, 15) is 4.79 Å². The molecule has 1 aromatic carbocycles. The van der Waals surface area contributed by atoms with Crippen molar-refractivity contribution in [3.63, 3.8) is 0 Å². The summed E-state index contributed by atoms with van der Waals surface area (Å²) in [6.07, 6.45) is 0.535. The maximum Gasteiger partial charge on any atom is 0.242 e. The number of nitrogens with one attached hydrogen (secondary N) is 1. The largest absolute Gasteiger partial charge is 0.381 e. The van der Waals surface area contributed by atoms with Crippen molar-refractivity contribution in [2.45, 2.75) is 32.7 Å². The van der Waals surface area contributed by atoms with E-state index < -0.39 is 5.54 Å². The number of benzene rings is 1. The maximum atomic E-state index is 12.0. The summed E-state index contributed by atoms with van der Waals surface area (Å²) in [7, 11) is 0. The van der Waals surface area contributed by atoms with E-state index in [1.54, 1.807) is 0 Å². The predicted octanol–water partition coefficient (Wildman–Crippen LogP) is 2.04. The molecule has 0 spiro atoms. The van der Waals surface area contributed by atoms with Crippen LogP contribution in [0.15, 0.2) is 30.3 Å². The smallest absolute Gasteiger partial charge is 0.242 e. The molecule has 4 nitrogen and oxygen atoms in total. The van der Waals surface area contributed by atoms with Crippen molar-refractivity contribution < 1.29 is 9.53 Å². The van der Waals surface area contributed by atoms with Gasteiger partial charge in [0.2, 0.25) is 5.91 Å². The number of hydrogen-bond acceptors (Lipinski definition) is 3. The van der Waals surface area contributed by atoms with Gasteiger partial charge < -0.3 is 10.5 Å². The van der Waals surface area contributed by atoms with E-state index in [1.807, 2.05) is 37.3 Å². The summed E-state index contributed by atoms with van der Waals surface area (Å²) in [6.45, 7) is 8.03. The SMILES string of the molecule is CCNC(CCOCC(C)C)(C(N)=O)c1ccccc1. The number of rotatable bonds is 9. The number of primary amides is 1. The number of amides is 1. The molecule has 0 radical (unpaired) electrons. The first-order valence-electron chi connectivity index (χ1n) is 7.21. The third-order valence-corrected chi connectivity index (χ3v) is 3.24. The second-order valence-electron chi connectivity index (χ2n) is 5.38. The van der Waals surface area contributed by atoms with Crippen LogP contribution < -0.4 is 11.1 Å². The summed E-state index contributed by atoms with van der Waals surface area (Å²) in [5, 5.41) is 3.25. The Hall–Kier alpha value is -1.39. The fourth-order valence-corrected chi connectivity index (χ4v) is 2.26. The van der Waals surface area contributed by atoms with E-state index in [-0.39, 0.29) is 5.91 Å². The van der Waals surface area contributed by atoms with E-state index in [0.717, 1.165) is 5.56 Å². The number of ether oxygens (including phenoxy) is 1. The lowest BCUT2D eigenvalue weighted by atomic mass is 9.86. The van der Waals surface area contributed by atoms with Gasteiger partial charge in [-0.05, 0) is 18.0 Å². The highest BCUT2D eigenvalue weighted by Crippen LogP contribution is 2.25. The van der Waals surface area contributed by atoms with Crippen LogP contribution in [0.1, 0.15) is 32.8 Å². The van der Waals surface area contributed by atoms with E-state index >= 15 is 0 Å². The van der Waals surface area contributed by atoms with Gasteiger partial charge in [0.25, 0.3) is 0 Å². The Morgan fingerprint density at radius 3 is 2.50 bits per heavy atom. The zero-order valence-electron chi connectivity index (χ0n) is 12.7. The Labute approximate surface area is 121 Å². The molecule has 0 heterocycles. The number of carbonyl (C=O) groups excluding carboxylic acids is 1. The molecule has 20 heavy (non-hydrogen) atoms. The monoisotopic (exact) mass is 278 g/mol. The molecule has 0 aromatic heterocycles. The highest BCUT2D eigenvalue weighted by atomic mass is 16.5. The van der Waals surface area contributed by atoms with Gasteiger partial charge in [-0.15, -0.1) is 0 Å². The Morgan fingerprint density at radius 2 is 2.00 bits per heavy atom. The molecule has 0 bridgehead atoms. The summed E-state index contributed by atoms with van der Waals surface area (Å²) in [5.74, 6) is 0.118. The van der Waals surface area contributed by atoms with Crippen molar-refractivity contribution in [1.82, 2.24) is 5.32 Å². The first kappa shape index (κ1) is 16.7. The molecule has 3 N–H and O–H groups in total. The normalized spacial score (nSPS) is 14.2. The zero-order chi connectivity index (χ0) is 15.0. The third-order valence-electron chi connectivity index (χ3n) is 3.24. The lowest BCUT2D eigenvalue weighted by Gasteiger charge is -2.32. The van der Waals surface area contributed by atoms with Crippen molar-refractivity contribution in [1.29, 1.82) is 0 Å². The topological polar surface area (TPSA) is 64.3 Å². The molecule has 1 rings (SSSR count). The standard InChI is InChI=1S/C16H26N2O2/c1-4-18-16(15(17)19,10-11-20-12-13(2)3)14-8-6-5-7-9-14/h5-9,13,18H,4,10-12H2,1-3H3,(H2,17,19). The van der Waals surface area contributed by atoms with Crippen LogP contribution in [0.4, 0.5) is 0 Å². The number of likely N-dealkylation sites (N-methyl/N-ethyl adjacent to an activating group) is 1. The van der Waals surface area contributed by atoms with E-state index in [0.29, 0.717) is 32.1 Å². The maximum absolute atomic E-state index is 12.0. The van der Waals surface area contributed by atoms with Gasteiger partial charge in [0.1, 0.15) is 5.54 Å². The van der Waals surface area contributed by atoms with Gasteiger partial charge in [-0.1, -0.05) is 51.1 Å². The highest BCUT2D eigenvalue weighted by Gasteiger charge is 2.37. The molecular formula is C16H26N2O2. The fraction of sp³-hybridized carbons (Fsp3) is 0.562. The lowest BCUT2D eigenvalue weighted by Crippen LogP contribution is -2.53. The van der Waals surface area contributed by atoms with Crippen molar-refractivity contribution in [3.05, 3.63) is 35.9 Å². The summed E-state index contributed by atoms with van der Waals surface area (Å²) in [4.78, 5) is 12.0. The van der Waals surface area contributed by atoms with Gasteiger partial charge in [-0.3, -0.25) is 10.1 Å². The molecule has 1 aromatic rings. The Bertz CT molecular complexity index is 406. The average molecular weight is 278 g/mol. The van der Waals surface area contributed by atoms with Gasteiger partial charge in [-0.25, -0.2) is 0 Å². The summed E-state index contributed by atoms with van der Waals surface area (Å²) >= 11 is 0. The first-order valence-corrected chi connectivity index (χ1v) is 7.21. The Balaban J connectivity index is 2.86. The molecule has 0 fully saturated rings. The fourth-order valence-electron chi connectivity index (χ4n) is 2.26. The summed E-state index contributed by atoms with van der Waals surface area (Å²) < 4.78 is 5.62. The minimum atomic E-state index is -0.854. The van der Waals surface area contributed by atoms with E-state index in [2.05, 4.69) is 19.2 Å². The van der Waals surface area contributed by atoms with Crippen LogP contribution in [0.5, 0.6) is 0 Å². The van der Waals surface area contributed by atoms with Gasteiger partial charge in [0.05, 0.1) is 0 Å².